The Kier molecular flexibility index (Phi) is 37.9. The van der Waals surface area contributed by atoms with Gasteiger partial charge in [0.1, 0.15) is 68.5 Å². The number of phenolic OH excluding ortho intramolecular Hbond substituents is 2. The van der Waals surface area contributed by atoms with Gasteiger partial charge in [0.05, 0.1) is 52.7 Å². The number of fused-ring (bicyclic) bond motifs is 9. The summed E-state index contributed by atoms with van der Waals surface area (Å²) in [7, 11) is -19.5. The van der Waals surface area contributed by atoms with Crippen molar-refractivity contribution < 1.29 is 114 Å². The number of unbranched alkanes of at least 4 members (excludes halogenated alkanes) is 3. The molecule has 0 spiro atoms. The molecule has 0 aliphatic rings. The normalized spacial score (nSPS) is 11.8. The molecule has 6 aromatic carbocycles. The van der Waals surface area contributed by atoms with Gasteiger partial charge in [0, 0.05) is 111 Å². The number of hydrogen-bond donors (Lipinski definition) is 16. The summed E-state index contributed by atoms with van der Waals surface area (Å²) in [6.07, 6.45) is 17.7. The number of nitrogens with zero attached hydrogens (tertiary/aromatic N) is 9. The lowest BCUT2D eigenvalue weighted by molar-refractivity contribution is -0.117. The van der Waals surface area contributed by atoms with Crippen LogP contribution in [0.5, 0.6) is 34.5 Å². The van der Waals surface area contributed by atoms with Crippen LogP contribution in [0.25, 0.3) is 65.8 Å². The zero-order chi connectivity index (χ0) is 96.2. The van der Waals surface area contributed by atoms with E-state index < -0.39 is 31.3 Å². The van der Waals surface area contributed by atoms with Crippen molar-refractivity contribution in [3.05, 3.63) is 198 Å². The highest BCUT2D eigenvalue weighted by atomic mass is 31.2. The Bertz CT molecular complexity index is 6330. The number of anilines is 3. The van der Waals surface area contributed by atoms with Crippen LogP contribution in [0, 0.1) is 0 Å². The third-order valence-corrected chi connectivity index (χ3v) is 22.7. The summed E-state index contributed by atoms with van der Waals surface area (Å²) >= 11 is 0. The number of amides is 3. The molecule has 3 amide bonds. The Morgan fingerprint density at radius 1 is 0.376 bits per heavy atom. The molecule has 0 radical (unpaired) electrons. The Labute approximate surface area is 767 Å². The fourth-order valence-corrected chi connectivity index (χ4v) is 16.4. The number of pyridine rings is 3. The number of carbonyl (C=O) groups is 3. The number of ether oxygens (including phenoxy) is 3. The number of rotatable bonds is 50. The van der Waals surface area contributed by atoms with E-state index in [-0.39, 0.29) is 89.1 Å². The molecule has 39 nitrogen and oxygen atoms in total. The summed E-state index contributed by atoms with van der Waals surface area (Å²) in [4.78, 5) is 137. The number of nitrogens with two attached hydrogens (primary N) is 3. The van der Waals surface area contributed by atoms with Crippen molar-refractivity contribution in [1.29, 1.82) is 0 Å². The largest absolute Gasteiger partial charge is 0.524 e. The minimum atomic E-state index is -4.99. The fraction of sp³-hybridized carbons (Fsp3) is 0.367. The number of phosphoric ester groups is 4. The SMILES string of the molecule is C=CC(=O)NCCCOCCCc1ccc2c(c1)nc(N)c1nc(CCCC)n(Cc3cc(O)ccc3OP(=O)(O)O)c12.C=CC(=O)NCCCOCCCc1ccc2c(c1)nc(N)c1nc(CCCC)n(Cc3cc(OP(=O)(O)O)ccc3O)c12.C=CC(=O)NCCCOCCCc1ccc2c(c1)nc(N)c1nc(CCCC)n(Cc3cc(OP(=O)(O)O)ccc3OP(=O)(O)O)c12. The number of benzene rings is 6. The van der Waals surface area contributed by atoms with Crippen molar-refractivity contribution in [2.75, 3.05) is 76.5 Å². The van der Waals surface area contributed by atoms with Gasteiger partial charge in [0.2, 0.25) is 17.7 Å². The van der Waals surface area contributed by atoms with Crippen molar-refractivity contribution in [2.24, 2.45) is 0 Å². The third-order valence-electron chi connectivity index (χ3n) is 20.9. The molecular weight excluding hydrogens is 1800 g/mol. The average molecular weight is 1910 g/mol. The summed E-state index contributed by atoms with van der Waals surface area (Å²) in [5.74, 6) is 1.72. The number of phenols is 2. The first-order valence-corrected chi connectivity index (χ1v) is 49.5. The van der Waals surface area contributed by atoms with Gasteiger partial charge in [0.25, 0.3) is 0 Å². The van der Waals surface area contributed by atoms with E-state index in [0.717, 1.165) is 151 Å². The molecule has 714 valence electrons. The predicted molar refractivity (Wildman–Crippen MR) is 506 cm³/mol. The number of hydrogen-bond acceptors (Lipinski definition) is 25. The number of aryl methyl sites for hydroxylation is 6. The number of phosphoric acid groups is 4. The molecule has 43 heteroatoms. The number of carbonyl (C=O) groups excluding carboxylic acids is 3. The second-order valence-corrected chi connectivity index (χ2v) is 35.8. The van der Waals surface area contributed by atoms with Gasteiger partial charge >= 0.3 is 31.3 Å². The molecule has 12 rings (SSSR count). The number of nitrogen functional groups attached to an aromatic ring is 3. The van der Waals surface area contributed by atoms with E-state index in [1.54, 1.807) is 0 Å². The van der Waals surface area contributed by atoms with E-state index in [1.165, 1.54) is 66.8 Å². The summed E-state index contributed by atoms with van der Waals surface area (Å²) < 4.78 is 88.5. The lowest BCUT2D eigenvalue weighted by Gasteiger charge is -2.17. The van der Waals surface area contributed by atoms with Crippen LogP contribution in [0.15, 0.2) is 147 Å². The maximum Gasteiger partial charge on any atom is 0.524 e. The molecule has 0 atom stereocenters. The molecule has 6 aromatic heterocycles. The summed E-state index contributed by atoms with van der Waals surface area (Å²) in [6, 6.07) is 29.6. The Hall–Kier alpha value is -11.7. The van der Waals surface area contributed by atoms with Crippen molar-refractivity contribution in [3.8, 4) is 34.5 Å². The Morgan fingerprint density at radius 2 is 0.684 bits per heavy atom. The molecule has 0 fully saturated rings. The first kappa shape index (κ1) is 103. The maximum atomic E-state index is 11.8. The van der Waals surface area contributed by atoms with Crippen LogP contribution in [0.2, 0.25) is 0 Å². The number of aromatic hydroxyl groups is 2. The highest BCUT2D eigenvalue weighted by Gasteiger charge is 2.29. The minimum absolute atomic E-state index is 0.0354. The predicted octanol–water partition coefficient (Wildman–Crippen LogP) is 12.9. The summed E-state index contributed by atoms with van der Waals surface area (Å²) in [6.45, 7) is 21.6. The van der Waals surface area contributed by atoms with E-state index in [2.05, 4.69) is 64.5 Å². The standard InChI is InChI=1S/C30H39N5O10P2.2C30H38N5O7P/c1-3-5-9-26-34-28-29(35(26)19-21-18-22(44-46(37,38)39)11-13-25(21)45-47(40,41)42)23-12-10-20(17-24(23)33-30(28)31)8-6-15-43-16-7-14-32-27(36)4-2;1-3-5-9-26-34-28-29(35(26)19-21-18-22(11-13-25(21)36)42-43(38,39)40)23-12-10-20(17-24(23)33-30(28)31)8-6-15-41-16-7-14-32-27(37)4-2;1-3-5-9-26-34-28-29(35(26)19-21-18-22(36)11-13-25(21)42-43(38,39)40)23-12-10-20(17-24(23)33-30(28)31)8-6-15-41-16-7-14-32-27(37)4-2/h4,10-13,17-18H,2-3,5-9,14-16,19H2,1H3,(H2,31,33)(H,32,36)(H2,37,38,39)(H2,40,41,42);2*4,10-13,17-18,36H,2-3,5-9,14-16,19H2,1H3,(H2,31,33)(H,32,37)(H2,38,39,40). The molecule has 0 unspecified atom stereocenters. The second kappa shape index (κ2) is 48.8. The zero-order valence-corrected chi connectivity index (χ0v) is 77.8. The van der Waals surface area contributed by atoms with Gasteiger partial charge < -0.3 is 89.4 Å². The molecule has 133 heavy (non-hydrogen) atoms. The van der Waals surface area contributed by atoms with Crippen LogP contribution in [0.4, 0.5) is 17.5 Å². The highest BCUT2D eigenvalue weighted by Crippen LogP contribution is 2.46. The first-order chi connectivity index (χ1) is 63.5. The third kappa shape index (κ3) is 30.9. The lowest BCUT2D eigenvalue weighted by atomic mass is 10.1. The molecule has 0 saturated heterocycles. The van der Waals surface area contributed by atoms with Gasteiger partial charge in [-0.05, 0) is 185 Å². The molecule has 0 aliphatic heterocycles. The van der Waals surface area contributed by atoms with E-state index >= 15 is 0 Å². The topological polar surface area (TPSA) is 593 Å². The van der Waals surface area contributed by atoms with Crippen molar-refractivity contribution in [2.45, 2.75) is 156 Å². The van der Waals surface area contributed by atoms with E-state index in [9.17, 15) is 82.0 Å². The number of aromatic nitrogens is 9. The van der Waals surface area contributed by atoms with Crippen LogP contribution in [-0.4, -0.2) is 170 Å². The maximum absolute atomic E-state index is 11.8. The second-order valence-electron chi connectivity index (χ2n) is 31.2. The van der Waals surface area contributed by atoms with E-state index in [4.69, 9.17) is 64.5 Å². The summed E-state index contributed by atoms with van der Waals surface area (Å²) in [5.41, 5.74) is 29.1. The monoisotopic (exact) mass is 1910 g/mol. The van der Waals surface area contributed by atoms with Crippen LogP contribution < -0.4 is 51.2 Å². The van der Waals surface area contributed by atoms with Crippen LogP contribution in [-0.2, 0) is 105 Å². The van der Waals surface area contributed by atoms with Gasteiger partial charge in [0.15, 0.2) is 17.5 Å². The molecule has 0 bridgehead atoms. The molecule has 19 N–H and O–H groups in total. The number of nitrogens with one attached hydrogen (secondary N) is 3. The van der Waals surface area contributed by atoms with Gasteiger partial charge in [-0.25, -0.2) is 48.2 Å². The van der Waals surface area contributed by atoms with Crippen molar-refractivity contribution >= 4 is 132 Å². The molecule has 12 aromatic rings. The van der Waals surface area contributed by atoms with Gasteiger partial charge in [-0.2, -0.15) is 0 Å². The van der Waals surface area contributed by atoms with Crippen LogP contribution in [0.1, 0.15) is 149 Å². The molecular formula is C90H115N15O24P4. The lowest BCUT2D eigenvalue weighted by Crippen LogP contribution is -2.22. The van der Waals surface area contributed by atoms with Gasteiger partial charge in [-0.3, -0.25) is 53.5 Å². The van der Waals surface area contributed by atoms with Gasteiger partial charge in [-0.1, -0.05) is 96.2 Å². The summed E-state index contributed by atoms with van der Waals surface area (Å²) in [5, 5.41) is 31.4. The average Bonchev–Trinajstić information content (AvgIpc) is 1.62. The van der Waals surface area contributed by atoms with Crippen molar-refractivity contribution in [1.82, 2.24) is 59.6 Å². The Morgan fingerprint density at radius 3 is 1.02 bits per heavy atom. The number of imidazole rings is 3. The fourth-order valence-electron chi connectivity index (χ4n) is 14.8. The highest BCUT2D eigenvalue weighted by molar-refractivity contribution is 7.47. The minimum Gasteiger partial charge on any atom is -0.508 e. The zero-order valence-electron chi connectivity index (χ0n) is 74.2. The van der Waals surface area contributed by atoms with E-state index in [1.807, 2.05) is 75.2 Å². The first-order valence-electron chi connectivity index (χ1n) is 43.4. The molecule has 0 saturated carbocycles. The van der Waals surface area contributed by atoms with Crippen LogP contribution in [0.3, 0.4) is 0 Å². The van der Waals surface area contributed by atoms with E-state index in [0.29, 0.717) is 146 Å². The van der Waals surface area contributed by atoms with Gasteiger partial charge in [-0.15, -0.1) is 0 Å². The smallest absolute Gasteiger partial charge is 0.508 e. The molecule has 0 aliphatic carbocycles. The molecule has 6 heterocycles. The quantitative estimate of drug-likeness (QED) is 0.00956. The van der Waals surface area contributed by atoms with Crippen LogP contribution >= 0.6 is 31.3 Å². The Balaban J connectivity index is 0.000000207. The van der Waals surface area contributed by atoms with Crippen molar-refractivity contribution in [3.63, 3.8) is 0 Å².